The van der Waals surface area contributed by atoms with Crippen LogP contribution in [0.5, 0.6) is 0 Å². The SMILES string of the molecule is Cc1ccc(C(=O)NCCNC(=O)CCc2c(C)nn(C)c2C)cc1F. The number of nitrogens with one attached hydrogen (secondary N) is 2. The van der Waals surface area contributed by atoms with E-state index in [1.165, 1.54) is 6.07 Å². The highest BCUT2D eigenvalue weighted by Gasteiger charge is 2.11. The van der Waals surface area contributed by atoms with Crippen molar-refractivity contribution in [1.29, 1.82) is 0 Å². The Labute approximate surface area is 152 Å². The maximum Gasteiger partial charge on any atom is 0.251 e. The van der Waals surface area contributed by atoms with Crippen LogP contribution in [0.2, 0.25) is 0 Å². The Morgan fingerprint density at radius 2 is 1.85 bits per heavy atom. The van der Waals surface area contributed by atoms with Gasteiger partial charge in [-0.3, -0.25) is 14.3 Å². The van der Waals surface area contributed by atoms with Crippen molar-refractivity contribution in [1.82, 2.24) is 20.4 Å². The van der Waals surface area contributed by atoms with E-state index in [1.807, 2.05) is 25.6 Å². The Kier molecular flexibility index (Phi) is 6.49. The molecule has 0 bridgehead atoms. The van der Waals surface area contributed by atoms with Gasteiger partial charge in [-0.2, -0.15) is 5.10 Å². The first-order chi connectivity index (χ1) is 12.3. The summed E-state index contributed by atoms with van der Waals surface area (Å²) in [6.07, 6.45) is 0.997. The van der Waals surface area contributed by atoms with Crippen molar-refractivity contribution in [2.45, 2.75) is 33.6 Å². The molecule has 6 nitrogen and oxygen atoms in total. The number of carbonyl (C=O) groups excluding carboxylic acids is 2. The lowest BCUT2D eigenvalue weighted by atomic mass is 10.1. The van der Waals surface area contributed by atoms with E-state index in [-0.39, 0.29) is 23.9 Å². The highest BCUT2D eigenvalue weighted by Crippen LogP contribution is 2.13. The number of carbonyl (C=O) groups is 2. The van der Waals surface area contributed by atoms with Crippen molar-refractivity contribution >= 4 is 11.8 Å². The first kappa shape index (κ1) is 19.6. The summed E-state index contributed by atoms with van der Waals surface area (Å²) in [4.78, 5) is 23.9. The molecule has 0 atom stereocenters. The number of aryl methyl sites for hydroxylation is 3. The molecule has 0 fully saturated rings. The molecule has 2 aromatic rings. The molecule has 0 aliphatic carbocycles. The minimum atomic E-state index is -0.410. The van der Waals surface area contributed by atoms with Crippen LogP contribution in [0, 0.1) is 26.6 Å². The molecule has 140 valence electrons. The molecule has 0 aliphatic heterocycles. The van der Waals surface area contributed by atoms with Crippen LogP contribution in [0.3, 0.4) is 0 Å². The molecule has 0 radical (unpaired) electrons. The molecular formula is C19H25FN4O2. The highest BCUT2D eigenvalue weighted by molar-refractivity contribution is 5.94. The molecule has 7 heteroatoms. The minimum Gasteiger partial charge on any atom is -0.354 e. The standard InChI is InChI=1S/C19H25FN4O2/c1-12-5-6-15(11-17(12)20)19(26)22-10-9-21-18(25)8-7-16-13(2)23-24(4)14(16)3/h5-6,11H,7-10H2,1-4H3,(H,21,25)(H,22,26). The predicted octanol–water partition coefficient (Wildman–Crippen LogP) is 1.96. The van der Waals surface area contributed by atoms with E-state index in [4.69, 9.17) is 0 Å². The Hall–Kier alpha value is -2.70. The number of amides is 2. The maximum atomic E-state index is 13.5. The van der Waals surface area contributed by atoms with Crippen molar-refractivity contribution in [2.24, 2.45) is 7.05 Å². The van der Waals surface area contributed by atoms with Crippen LogP contribution in [0.1, 0.15) is 39.3 Å². The number of hydrogen-bond donors (Lipinski definition) is 2. The number of aromatic nitrogens is 2. The molecule has 1 aromatic heterocycles. The third-order valence-corrected chi connectivity index (χ3v) is 4.43. The maximum absolute atomic E-state index is 13.5. The molecule has 0 unspecified atom stereocenters. The average Bonchev–Trinajstić information content (AvgIpc) is 2.84. The highest BCUT2D eigenvalue weighted by atomic mass is 19.1. The van der Waals surface area contributed by atoms with Crippen molar-refractivity contribution in [3.8, 4) is 0 Å². The molecule has 2 amide bonds. The zero-order valence-corrected chi connectivity index (χ0v) is 15.6. The van der Waals surface area contributed by atoms with Crippen LogP contribution in [-0.2, 0) is 18.3 Å². The van der Waals surface area contributed by atoms with Gasteiger partial charge in [0.1, 0.15) is 5.82 Å². The smallest absolute Gasteiger partial charge is 0.251 e. The molecule has 2 rings (SSSR count). The van der Waals surface area contributed by atoms with Gasteiger partial charge in [-0.05, 0) is 50.5 Å². The van der Waals surface area contributed by atoms with Gasteiger partial charge < -0.3 is 10.6 Å². The van der Waals surface area contributed by atoms with Gasteiger partial charge in [-0.1, -0.05) is 6.07 Å². The fourth-order valence-corrected chi connectivity index (χ4v) is 2.72. The van der Waals surface area contributed by atoms with Crippen molar-refractivity contribution in [2.75, 3.05) is 13.1 Å². The second-order valence-corrected chi connectivity index (χ2v) is 6.34. The Morgan fingerprint density at radius 3 is 2.46 bits per heavy atom. The average molecular weight is 360 g/mol. The van der Waals surface area contributed by atoms with E-state index in [0.29, 0.717) is 24.9 Å². The summed E-state index contributed by atoms with van der Waals surface area (Å²) >= 11 is 0. The van der Waals surface area contributed by atoms with E-state index in [0.717, 1.165) is 17.0 Å². The van der Waals surface area contributed by atoms with E-state index >= 15 is 0 Å². The second-order valence-electron chi connectivity index (χ2n) is 6.34. The van der Waals surface area contributed by atoms with Crippen LogP contribution < -0.4 is 10.6 Å². The summed E-state index contributed by atoms with van der Waals surface area (Å²) in [5.74, 6) is -0.852. The molecule has 1 heterocycles. The summed E-state index contributed by atoms with van der Waals surface area (Å²) < 4.78 is 15.3. The Bertz CT molecular complexity index is 814. The predicted molar refractivity (Wildman–Crippen MR) is 97.5 cm³/mol. The van der Waals surface area contributed by atoms with Gasteiger partial charge in [0, 0.05) is 37.8 Å². The molecular weight excluding hydrogens is 335 g/mol. The van der Waals surface area contributed by atoms with E-state index in [1.54, 1.807) is 19.1 Å². The summed E-state index contributed by atoms with van der Waals surface area (Å²) in [5, 5.41) is 9.77. The Morgan fingerprint density at radius 1 is 1.15 bits per heavy atom. The zero-order chi connectivity index (χ0) is 19.3. The van der Waals surface area contributed by atoms with Gasteiger partial charge in [-0.15, -0.1) is 0 Å². The number of rotatable bonds is 7. The van der Waals surface area contributed by atoms with Crippen LogP contribution in [-0.4, -0.2) is 34.7 Å². The van der Waals surface area contributed by atoms with Crippen LogP contribution >= 0.6 is 0 Å². The van der Waals surface area contributed by atoms with Crippen LogP contribution in [0.25, 0.3) is 0 Å². The fourth-order valence-electron chi connectivity index (χ4n) is 2.72. The number of hydrogen-bond acceptors (Lipinski definition) is 3. The van der Waals surface area contributed by atoms with Crippen LogP contribution in [0.15, 0.2) is 18.2 Å². The van der Waals surface area contributed by atoms with Gasteiger partial charge in [0.05, 0.1) is 5.69 Å². The third kappa shape index (κ3) is 4.91. The fraction of sp³-hybridized carbons (Fsp3) is 0.421. The van der Waals surface area contributed by atoms with Gasteiger partial charge >= 0.3 is 0 Å². The van der Waals surface area contributed by atoms with E-state index in [2.05, 4.69) is 15.7 Å². The lowest BCUT2D eigenvalue weighted by Crippen LogP contribution is -2.34. The number of benzene rings is 1. The summed E-state index contributed by atoms with van der Waals surface area (Å²) in [6.45, 7) is 6.16. The molecule has 26 heavy (non-hydrogen) atoms. The molecule has 0 saturated heterocycles. The summed E-state index contributed by atoms with van der Waals surface area (Å²) in [6, 6.07) is 4.35. The van der Waals surface area contributed by atoms with Gasteiger partial charge in [0.25, 0.3) is 5.91 Å². The van der Waals surface area contributed by atoms with Crippen molar-refractivity contribution in [3.05, 3.63) is 52.1 Å². The molecule has 1 aromatic carbocycles. The minimum absolute atomic E-state index is 0.0803. The molecule has 0 spiro atoms. The van der Waals surface area contributed by atoms with Gasteiger partial charge in [0.2, 0.25) is 5.91 Å². The largest absolute Gasteiger partial charge is 0.354 e. The monoisotopic (exact) mass is 360 g/mol. The first-order valence-electron chi connectivity index (χ1n) is 8.59. The lowest BCUT2D eigenvalue weighted by molar-refractivity contribution is -0.121. The zero-order valence-electron chi connectivity index (χ0n) is 15.6. The third-order valence-electron chi connectivity index (χ3n) is 4.43. The van der Waals surface area contributed by atoms with Crippen molar-refractivity contribution < 1.29 is 14.0 Å². The number of nitrogens with zero attached hydrogens (tertiary/aromatic N) is 2. The van der Waals surface area contributed by atoms with E-state index in [9.17, 15) is 14.0 Å². The number of halogens is 1. The molecule has 2 N–H and O–H groups in total. The van der Waals surface area contributed by atoms with Crippen molar-refractivity contribution in [3.63, 3.8) is 0 Å². The summed E-state index contributed by atoms with van der Waals surface area (Å²) in [5.41, 5.74) is 3.86. The quantitative estimate of drug-likeness (QED) is 0.741. The van der Waals surface area contributed by atoms with Gasteiger partial charge in [0.15, 0.2) is 0 Å². The van der Waals surface area contributed by atoms with Crippen LogP contribution in [0.4, 0.5) is 4.39 Å². The van der Waals surface area contributed by atoms with E-state index < -0.39 is 5.82 Å². The second kappa shape index (κ2) is 8.60. The summed E-state index contributed by atoms with van der Waals surface area (Å²) in [7, 11) is 1.88. The molecule has 0 saturated carbocycles. The van der Waals surface area contributed by atoms with Gasteiger partial charge in [-0.25, -0.2) is 4.39 Å². The lowest BCUT2D eigenvalue weighted by Gasteiger charge is -2.08. The normalized spacial score (nSPS) is 10.7. The Balaban J connectivity index is 1.71. The topological polar surface area (TPSA) is 76.0 Å². The molecule has 0 aliphatic rings. The first-order valence-corrected chi connectivity index (χ1v) is 8.59.